The van der Waals surface area contributed by atoms with Crippen molar-refractivity contribution in [2.45, 2.75) is 24.8 Å². The zero-order valence-electron chi connectivity index (χ0n) is 18.1. The van der Waals surface area contributed by atoms with Gasteiger partial charge in [0.25, 0.3) is 0 Å². The van der Waals surface area contributed by atoms with Gasteiger partial charge < -0.3 is 19.7 Å². The predicted octanol–water partition coefficient (Wildman–Crippen LogP) is 3.12. The molecule has 7 nitrogen and oxygen atoms in total. The first-order chi connectivity index (χ1) is 14.5. The number of nitrogens with one attached hydrogen (secondary N) is 1. The number of hydrogen-bond donors (Lipinski definition) is 1. The maximum Gasteiger partial charge on any atom is 0.194 e. The van der Waals surface area contributed by atoms with Crippen LogP contribution in [-0.2, 0) is 22.8 Å². The Balaban J connectivity index is 0.00000341. The van der Waals surface area contributed by atoms with Crippen molar-refractivity contribution >= 4 is 39.8 Å². The van der Waals surface area contributed by atoms with Gasteiger partial charge in [-0.05, 0) is 48.7 Å². The molecule has 0 unspecified atom stereocenters. The summed E-state index contributed by atoms with van der Waals surface area (Å²) in [5.74, 6) is 2.13. The van der Waals surface area contributed by atoms with E-state index in [1.54, 1.807) is 44.6 Å². The molecule has 0 amide bonds. The summed E-state index contributed by atoms with van der Waals surface area (Å²) in [6.45, 7) is 4.38. The fourth-order valence-electron chi connectivity index (χ4n) is 3.51. The van der Waals surface area contributed by atoms with Crippen LogP contribution in [0, 0.1) is 0 Å². The Hall–Kier alpha value is -2.01. The SMILES string of the molecule is CCNC(=NCCS(=O)(=O)c1ccccc1)N1CCc2cc(OC)c(OC)cc2C1.I. The number of guanidine groups is 1. The van der Waals surface area contributed by atoms with Crippen molar-refractivity contribution in [1.82, 2.24) is 10.2 Å². The Labute approximate surface area is 201 Å². The fraction of sp³-hybridized carbons (Fsp3) is 0.409. The lowest BCUT2D eigenvalue weighted by Gasteiger charge is -2.32. The van der Waals surface area contributed by atoms with Crippen LogP contribution in [0.3, 0.4) is 0 Å². The molecule has 0 aromatic heterocycles. The number of methoxy groups -OCH3 is 2. The van der Waals surface area contributed by atoms with Gasteiger partial charge in [-0.2, -0.15) is 0 Å². The third kappa shape index (κ3) is 6.25. The second-order valence-electron chi connectivity index (χ2n) is 7.02. The van der Waals surface area contributed by atoms with E-state index in [1.165, 1.54) is 5.56 Å². The van der Waals surface area contributed by atoms with Crippen LogP contribution in [0.25, 0.3) is 0 Å². The molecule has 2 aromatic carbocycles. The highest BCUT2D eigenvalue weighted by molar-refractivity contribution is 14.0. The van der Waals surface area contributed by atoms with Crippen molar-refractivity contribution in [3.8, 4) is 11.5 Å². The van der Waals surface area contributed by atoms with E-state index in [0.29, 0.717) is 23.7 Å². The van der Waals surface area contributed by atoms with Gasteiger partial charge in [-0.15, -0.1) is 24.0 Å². The summed E-state index contributed by atoms with van der Waals surface area (Å²) in [5, 5.41) is 3.29. The minimum Gasteiger partial charge on any atom is -0.493 e. The molecular formula is C22H30IN3O4S. The van der Waals surface area contributed by atoms with Gasteiger partial charge in [0.2, 0.25) is 0 Å². The van der Waals surface area contributed by atoms with Crippen LogP contribution in [0.4, 0.5) is 0 Å². The number of hydrogen-bond acceptors (Lipinski definition) is 5. The van der Waals surface area contributed by atoms with E-state index in [0.717, 1.165) is 30.2 Å². The first-order valence-corrected chi connectivity index (χ1v) is 11.7. The first kappa shape index (κ1) is 25.3. The van der Waals surface area contributed by atoms with Crippen LogP contribution in [0.5, 0.6) is 11.5 Å². The van der Waals surface area contributed by atoms with Crippen molar-refractivity contribution in [2.24, 2.45) is 4.99 Å². The van der Waals surface area contributed by atoms with Crippen LogP contribution in [0.2, 0.25) is 0 Å². The van der Waals surface area contributed by atoms with Crippen LogP contribution in [0.1, 0.15) is 18.1 Å². The van der Waals surface area contributed by atoms with Gasteiger partial charge in [0.15, 0.2) is 27.3 Å². The Morgan fingerprint density at radius 1 is 1.10 bits per heavy atom. The Morgan fingerprint density at radius 2 is 1.74 bits per heavy atom. The number of aliphatic imine (C=N–C) groups is 1. The number of halogens is 1. The zero-order valence-corrected chi connectivity index (χ0v) is 21.3. The monoisotopic (exact) mass is 559 g/mol. The fourth-order valence-corrected chi connectivity index (χ4v) is 4.65. The number of benzene rings is 2. The molecule has 1 aliphatic rings. The first-order valence-electron chi connectivity index (χ1n) is 10.0. The van der Waals surface area contributed by atoms with Gasteiger partial charge in [0, 0.05) is 19.6 Å². The molecule has 0 spiro atoms. The second-order valence-corrected chi connectivity index (χ2v) is 9.12. The molecule has 0 aliphatic carbocycles. The standard InChI is InChI=1S/C22H29N3O4S.HI/c1-4-23-22(24-11-13-30(26,27)19-8-6-5-7-9-19)25-12-10-17-14-20(28-2)21(29-3)15-18(17)16-25;/h5-9,14-15H,4,10-13,16H2,1-3H3,(H,23,24);1H. The summed E-state index contributed by atoms with van der Waals surface area (Å²) in [4.78, 5) is 7.07. The molecule has 0 bridgehead atoms. The van der Waals surface area contributed by atoms with Gasteiger partial charge in [-0.3, -0.25) is 4.99 Å². The second kappa shape index (κ2) is 11.6. The normalized spacial score (nSPS) is 13.8. The molecule has 170 valence electrons. The third-order valence-corrected chi connectivity index (χ3v) is 6.79. The molecule has 3 rings (SSSR count). The summed E-state index contributed by atoms with van der Waals surface area (Å²) in [5.41, 5.74) is 2.38. The molecule has 1 N–H and O–H groups in total. The highest BCUT2D eigenvalue weighted by atomic mass is 127. The molecule has 0 radical (unpaired) electrons. The van der Waals surface area contributed by atoms with E-state index in [-0.39, 0.29) is 36.3 Å². The summed E-state index contributed by atoms with van der Waals surface area (Å²) in [7, 11) is -0.0846. The minimum absolute atomic E-state index is 0. The number of fused-ring (bicyclic) bond motifs is 1. The smallest absolute Gasteiger partial charge is 0.194 e. The molecule has 0 fully saturated rings. The van der Waals surface area contributed by atoms with Gasteiger partial charge >= 0.3 is 0 Å². The van der Waals surface area contributed by atoms with E-state index >= 15 is 0 Å². The molecule has 31 heavy (non-hydrogen) atoms. The molecule has 0 saturated heterocycles. The molecule has 2 aromatic rings. The van der Waals surface area contributed by atoms with E-state index < -0.39 is 9.84 Å². The van der Waals surface area contributed by atoms with Crippen LogP contribution in [0.15, 0.2) is 52.4 Å². The van der Waals surface area contributed by atoms with Gasteiger partial charge in [-0.1, -0.05) is 18.2 Å². The van der Waals surface area contributed by atoms with Crippen LogP contribution < -0.4 is 14.8 Å². The molecule has 0 saturated carbocycles. The lowest BCUT2D eigenvalue weighted by atomic mass is 9.99. The predicted molar refractivity (Wildman–Crippen MR) is 134 cm³/mol. The van der Waals surface area contributed by atoms with Crippen molar-refractivity contribution in [3.63, 3.8) is 0 Å². The topological polar surface area (TPSA) is 80.2 Å². The Kier molecular flexibility index (Phi) is 9.42. The summed E-state index contributed by atoms with van der Waals surface area (Å²) >= 11 is 0. The maximum atomic E-state index is 12.5. The minimum atomic E-state index is -3.35. The lowest BCUT2D eigenvalue weighted by molar-refractivity contribution is 0.346. The molecule has 1 aliphatic heterocycles. The lowest BCUT2D eigenvalue weighted by Crippen LogP contribution is -2.44. The van der Waals surface area contributed by atoms with E-state index in [4.69, 9.17) is 9.47 Å². The largest absolute Gasteiger partial charge is 0.493 e. The summed E-state index contributed by atoms with van der Waals surface area (Å²) in [6, 6.07) is 12.5. The number of rotatable bonds is 7. The molecule has 1 heterocycles. The van der Waals surface area contributed by atoms with Crippen molar-refractivity contribution < 1.29 is 17.9 Å². The highest BCUT2D eigenvalue weighted by Crippen LogP contribution is 2.33. The molecule has 9 heteroatoms. The average molecular weight is 559 g/mol. The van der Waals surface area contributed by atoms with Crippen LogP contribution >= 0.6 is 24.0 Å². The van der Waals surface area contributed by atoms with Gasteiger partial charge in [0.1, 0.15) is 0 Å². The average Bonchev–Trinajstić information content (AvgIpc) is 2.77. The summed E-state index contributed by atoms with van der Waals surface area (Å²) < 4.78 is 35.9. The van der Waals surface area contributed by atoms with E-state index in [9.17, 15) is 8.42 Å². The van der Waals surface area contributed by atoms with Crippen molar-refractivity contribution in [3.05, 3.63) is 53.6 Å². The molecular weight excluding hydrogens is 529 g/mol. The highest BCUT2D eigenvalue weighted by Gasteiger charge is 2.22. The quantitative estimate of drug-likeness (QED) is 0.319. The van der Waals surface area contributed by atoms with Crippen molar-refractivity contribution in [2.75, 3.05) is 39.6 Å². The molecule has 0 atom stereocenters. The van der Waals surface area contributed by atoms with Gasteiger partial charge in [0.05, 0.1) is 31.4 Å². The van der Waals surface area contributed by atoms with E-state index in [1.807, 2.05) is 19.1 Å². The van der Waals surface area contributed by atoms with Crippen LogP contribution in [-0.4, -0.2) is 58.9 Å². The number of nitrogens with zero attached hydrogens (tertiary/aromatic N) is 2. The number of ether oxygens (including phenoxy) is 2. The van der Waals surface area contributed by atoms with E-state index in [2.05, 4.69) is 15.2 Å². The summed E-state index contributed by atoms with van der Waals surface area (Å²) in [6.07, 6.45) is 0.850. The maximum absolute atomic E-state index is 12.5. The van der Waals surface area contributed by atoms with Gasteiger partial charge in [-0.25, -0.2) is 8.42 Å². The van der Waals surface area contributed by atoms with Crippen molar-refractivity contribution in [1.29, 1.82) is 0 Å². The number of sulfone groups is 1. The Bertz CT molecular complexity index is 997. The zero-order chi connectivity index (χ0) is 21.6. The third-order valence-electron chi connectivity index (χ3n) is 5.08. The Morgan fingerprint density at radius 3 is 2.35 bits per heavy atom.